The third-order valence-electron chi connectivity index (χ3n) is 4.88. The molecule has 5 nitrogen and oxygen atoms in total. The molecule has 1 saturated heterocycles. The minimum atomic E-state index is -0.204. The number of rotatable bonds is 2. The van der Waals surface area contributed by atoms with Crippen molar-refractivity contribution in [3.05, 3.63) is 63.7 Å². The Labute approximate surface area is 157 Å². The van der Waals surface area contributed by atoms with Crippen LogP contribution in [0.3, 0.4) is 0 Å². The van der Waals surface area contributed by atoms with Gasteiger partial charge in [0, 0.05) is 36.8 Å². The lowest BCUT2D eigenvalue weighted by Crippen LogP contribution is -2.50. The monoisotopic (exact) mass is 372 g/mol. The Morgan fingerprint density at radius 2 is 1.42 bits per heavy atom. The summed E-state index contributed by atoms with van der Waals surface area (Å²) in [7, 11) is 0. The Morgan fingerprint density at radius 3 is 2.00 bits per heavy atom. The molecule has 0 radical (unpaired) electrons. The molecule has 2 aromatic carbocycles. The number of amides is 2. The molecule has 0 atom stereocenters. The van der Waals surface area contributed by atoms with Crippen LogP contribution in [0, 0.1) is 13.8 Å². The van der Waals surface area contributed by atoms with Crippen LogP contribution in [0.5, 0.6) is 5.75 Å². The fourth-order valence-corrected chi connectivity index (χ4v) is 3.16. The van der Waals surface area contributed by atoms with E-state index in [2.05, 4.69) is 0 Å². The standard InChI is InChI=1S/C20H21ClN2O3/c1-13-3-8-17(18(24)14(13)2)20(26)23-11-9-22(10-12-23)19(25)15-4-6-16(21)7-5-15/h3-8,24H,9-12H2,1-2H3. The van der Waals surface area contributed by atoms with E-state index < -0.39 is 0 Å². The van der Waals surface area contributed by atoms with Crippen molar-refractivity contribution in [2.24, 2.45) is 0 Å². The number of aryl methyl sites for hydroxylation is 1. The van der Waals surface area contributed by atoms with Crippen LogP contribution in [0.4, 0.5) is 0 Å². The van der Waals surface area contributed by atoms with Gasteiger partial charge in [-0.25, -0.2) is 0 Å². The van der Waals surface area contributed by atoms with Gasteiger partial charge < -0.3 is 14.9 Å². The zero-order valence-electron chi connectivity index (χ0n) is 14.8. The fraction of sp³-hybridized carbons (Fsp3) is 0.300. The molecule has 26 heavy (non-hydrogen) atoms. The first-order valence-electron chi connectivity index (χ1n) is 8.52. The molecule has 0 aliphatic carbocycles. The Bertz CT molecular complexity index is 841. The van der Waals surface area contributed by atoms with E-state index in [-0.39, 0.29) is 17.6 Å². The molecular weight excluding hydrogens is 352 g/mol. The maximum Gasteiger partial charge on any atom is 0.257 e. The van der Waals surface area contributed by atoms with Crippen molar-refractivity contribution in [3.63, 3.8) is 0 Å². The largest absolute Gasteiger partial charge is 0.507 e. The van der Waals surface area contributed by atoms with E-state index in [0.717, 1.165) is 5.56 Å². The lowest BCUT2D eigenvalue weighted by molar-refractivity contribution is 0.0533. The van der Waals surface area contributed by atoms with Crippen LogP contribution in [0.2, 0.25) is 5.02 Å². The van der Waals surface area contributed by atoms with Gasteiger partial charge in [0.1, 0.15) is 5.75 Å². The van der Waals surface area contributed by atoms with E-state index in [1.54, 1.807) is 47.1 Å². The molecule has 136 valence electrons. The molecule has 1 fully saturated rings. The molecule has 2 aromatic rings. The van der Waals surface area contributed by atoms with E-state index in [9.17, 15) is 14.7 Å². The number of aromatic hydroxyl groups is 1. The van der Waals surface area contributed by atoms with Crippen molar-refractivity contribution < 1.29 is 14.7 Å². The number of nitrogens with zero attached hydrogens (tertiary/aromatic N) is 2. The third kappa shape index (κ3) is 3.53. The number of hydrogen-bond donors (Lipinski definition) is 1. The fourth-order valence-electron chi connectivity index (χ4n) is 3.03. The van der Waals surface area contributed by atoms with Crippen LogP contribution in [-0.2, 0) is 0 Å². The topological polar surface area (TPSA) is 60.9 Å². The molecule has 6 heteroatoms. The van der Waals surface area contributed by atoms with E-state index in [0.29, 0.717) is 47.9 Å². The number of piperazine rings is 1. The molecule has 3 rings (SSSR count). The molecule has 1 N–H and O–H groups in total. The van der Waals surface area contributed by atoms with Crippen LogP contribution >= 0.6 is 11.6 Å². The highest BCUT2D eigenvalue weighted by Crippen LogP contribution is 2.26. The van der Waals surface area contributed by atoms with Gasteiger partial charge in [0.05, 0.1) is 5.56 Å². The van der Waals surface area contributed by atoms with Gasteiger partial charge in [-0.15, -0.1) is 0 Å². The molecular formula is C20H21ClN2O3. The van der Waals surface area contributed by atoms with Crippen molar-refractivity contribution >= 4 is 23.4 Å². The minimum absolute atomic E-state index is 0.0367. The van der Waals surface area contributed by atoms with E-state index >= 15 is 0 Å². The number of hydrogen-bond acceptors (Lipinski definition) is 3. The Balaban J connectivity index is 1.67. The van der Waals surface area contributed by atoms with Crippen molar-refractivity contribution in [1.82, 2.24) is 9.80 Å². The van der Waals surface area contributed by atoms with Crippen molar-refractivity contribution in [2.75, 3.05) is 26.2 Å². The van der Waals surface area contributed by atoms with Gasteiger partial charge in [-0.2, -0.15) is 0 Å². The van der Waals surface area contributed by atoms with Crippen LogP contribution in [-0.4, -0.2) is 52.9 Å². The maximum atomic E-state index is 12.7. The van der Waals surface area contributed by atoms with Crippen LogP contribution in [0.15, 0.2) is 36.4 Å². The Kier molecular flexibility index (Phi) is 5.18. The second-order valence-electron chi connectivity index (χ2n) is 6.49. The Morgan fingerprint density at radius 1 is 0.885 bits per heavy atom. The summed E-state index contributed by atoms with van der Waals surface area (Å²) in [6, 6.07) is 10.3. The molecule has 0 aromatic heterocycles. The lowest BCUT2D eigenvalue weighted by atomic mass is 10.0. The van der Waals surface area contributed by atoms with Crippen LogP contribution in [0.25, 0.3) is 0 Å². The summed E-state index contributed by atoms with van der Waals surface area (Å²) in [5, 5.41) is 10.9. The van der Waals surface area contributed by atoms with Gasteiger partial charge in [-0.05, 0) is 55.3 Å². The highest BCUT2D eigenvalue weighted by atomic mass is 35.5. The highest BCUT2D eigenvalue weighted by molar-refractivity contribution is 6.30. The summed E-state index contributed by atoms with van der Waals surface area (Å²) in [5.74, 6) is -0.235. The molecule has 2 amide bonds. The Hall–Kier alpha value is -2.53. The third-order valence-corrected chi connectivity index (χ3v) is 5.13. The van der Waals surface area contributed by atoms with Gasteiger partial charge in [0.15, 0.2) is 0 Å². The SMILES string of the molecule is Cc1ccc(C(=O)N2CCN(C(=O)c3ccc(Cl)cc3)CC2)c(O)c1C. The number of benzene rings is 2. The second-order valence-corrected chi connectivity index (χ2v) is 6.93. The first-order valence-corrected chi connectivity index (χ1v) is 8.89. The van der Waals surface area contributed by atoms with Crippen molar-refractivity contribution in [2.45, 2.75) is 13.8 Å². The molecule has 1 heterocycles. The number of phenolic OH excluding ortho intramolecular Hbond substituents is 1. The smallest absolute Gasteiger partial charge is 0.257 e. The summed E-state index contributed by atoms with van der Waals surface area (Å²) in [6.07, 6.45) is 0. The van der Waals surface area contributed by atoms with E-state index in [1.807, 2.05) is 13.0 Å². The van der Waals surface area contributed by atoms with Gasteiger partial charge in [-0.3, -0.25) is 9.59 Å². The van der Waals surface area contributed by atoms with Gasteiger partial charge in [-0.1, -0.05) is 17.7 Å². The molecule has 0 unspecified atom stereocenters. The molecule has 0 bridgehead atoms. The zero-order chi connectivity index (χ0) is 18.8. The van der Waals surface area contributed by atoms with E-state index in [1.165, 1.54) is 0 Å². The highest BCUT2D eigenvalue weighted by Gasteiger charge is 2.27. The first kappa shape index (κ1) is 18.3. The summed E-state index contributed by atoms with van der Waals surface area (Å²) >= 11 is 5.86. The summed E-state index contributed by atoms with van der Waals surface area (Å²) in [6.45, 7) is 5.47. The van der Waals surface area contributed by atoms with Crippen molar-refractivity contribution in [3.8, 4) is 5.75 Å². The van der Waals surface area contributed by atoms with E-state index in [4.69, 9.17) is 11.6 Å². The van der Waals surface area contributed by atoms with Crippen LogP contribution < -0.4 is 0 Å². The molecule has 1 aliphatic heterocycles. The second kappa shape index (κ2) is 7.38. The number of phenols is 1. The zero-order valence-corrected chi connectivity index (χ0v) is 15.6. The summed E-state index contributed by atoms with van der Waals surface area (Å²) in [4.78, 5) is 28.7. The maximum absolute atomic E-state index is 12.7. The van der Waals surface area contributed by atoms with Gasteiger partial charge >= 0.3 is 0 Å². The first-order chi connectivity index (χ1) is 12.4. The molecule has 0 spiro atoms. The van der Waals surface area contributed by atoms with Crippen LogP contribution in [0.1, 0.15) is 31.8 Å². The predicted molar refractivity (Wildman–Crippen MR) is 101 cm³/mol. The van der Waals surface area contributed by atoms with Gasteiger partial charge in [0.2, 0.25) is 0 Å². The quantitative estimate of drug-likeness (QED) is 0.880. The van der Waals surface area contributed by atoms with Gasteiger partial charge in [0.25, 0.3) is 11.8 Å². The minimum Gasteiger partial charge on any atom is -0.507 e. The molecule has 1 aliphatic rings. The normalized spacial score (nSPS) is 14.4. The average molecular weight is 373 g/mol. The molecule has 0 saturated carbocycles. The van der Waals surface area contributed by atoms with Crippen molar-refractivity contribution in [1.29, 1.82) is 0 Å². The number of carbonyl (C=O) groups excluding carboxylic acids is 2. The number of halogens is 1. The number of carbonyl (C=O) groups is 2. The summed E-state index contributed by atoms with van der Waals surface area (Å²) < 4.78 is 0. The average Bonchev–Trinajstić information content (AvgIpc) is 2.66. The summed E-state index contributed by atoms with van der Waals surface area (Å²) in [5.41, 5.74) is 2.55. The predicted octanol–water partition coefficient (Wildman–Crippen LogP) is 3.26. The lowest BCUT2D eigenvalue weighted by Gasteiger charge is -2.35.